The Labute approximate surface area is 77.2 Å². The zero-order chi connectivity index (χ0) is 10.3. The molecule has 0 saturated heterocycles. The second-order valence-electron chi connectivity index (χ2n) is 2.80. The Morgan fingerprint density at radius 3 is 2.54 bits per heavy atom. The first kappa shape index (κ1) is 12.4. The Kier molecular flexibility index (Phi) is 6.49. The highest BCUT2D eigenvalue weighted by molar-refractivity contribution is 4.82. The molecule has 4 heteroatoms. The number of rotatable bonds is 7. The summed E-state index contributed by atoms with van der Waals surface area (Å²) in [6.45, 7) is 3.96. The van der Waals surface area contributed by atoms with Gasteiger partial charge in [0, 0.05) is 6.42 Å². The van der Waals surface area contributed by atoms with E-state index in [-0.39, 0.29) is 0 Å². The quantitative estimate of drug-likeness (QED) is 0.571. The molecule has 0 saturated carbocycles. The minimum Gasteiger partial charge on any atom is -0.495 e. The summed E-state index contributed by atoms with van der Waals surface area (Å²) in [5.41, 5.74) is 0. The van der Waals surface area contributed by atoms with Crippen molar-refractivity contribution in [2.45, 2.75) is 32.1 Å². The van der Waals surface area contributed by atoms with Crippen LogP contribution in [0, 0.1) is 0 Å². The molecule has 2 nitrogen and oxygen atoms in total. The molecule has 0 aromatic heterocycles. The third-order valence-electron chi connectivity index (χ3n) is 1.53. The molecule has 13 heavy (non-hydrogen) atoms. The lowest BCUT2D eigenvalue weighted by atomic mass is 10.2. The van der Waals surface area contributed by atoms with Gasteiger partial charge < -0.3 is 4.74 Å². The van der Waals surface area contributed by atoms with Crippen LogP contribution in [0.4, 0.5) is 8.78 Å². The van der Waals surface area contributed by atoms with E-state index in [9.17, 15) is 13.9 Å². The van der Waals surface area contributed by atoms with Gasteiger partial charge >= 0.3 is 0 Å². The van der Waals surface area contributed by atoms with E-state index >= 15 is 0 Å². The van der Waals surface area contributed by atoms with E-state index < -0.39 is 25.6 Å². The fourth-order valence-electron chi connectivity index (χ4n) is 0.757. The van der Waals surface area contributed by atoms with E-state index in [0.717, 1.165) is 6.42 Å². The SMILES string of the molecule is C=C(CCC)OCC(F)C(F)C[O]. The van der Waals surface area contributed by atoms with Crippen LogP contribution in [0.2, 0.25) is 0 Å². The van der Waals surface area contributed by atoms with E-state index in [0.29, 0.717) is 12.2 Å². The van der Waals surface area contributed by atoms with Crippen molar-refractivity contribution in [2.75, 3.05) is 13.2 Å². The molecular formula is C9H15F2O2. The van der Waals surface area contributed by atoms with Crippen molar-refractivity contribution in [2.24, 2.45) is 0 Å². The molecule has 0 spiro atoms. The van der Waals surface area contributed by atoms with Crippen molar-refractivity contribution >= 4 is 0 Å². The van der Waals surface area contributed by atoms with Gasteiger partial charge in [-0.15, -0.1) is 0 Å². The third-order valence-corrected chi connectivity index (χ3v) is 1.53. The van der Waals surface area contributed by atoms with Crippen molar-refractivity contribution in [3.8, 4) is 0 Å². The molecule has 0 bridgehead atoms. The van der Waals surface area contributed by atoms with Crippen LogP contribution in [0.15, 0.2) is 12.3 Å². The number of halogens is 2. The number of allylic oxidation sites excluding steroid dienone is 1. The van der Waals surface area contributed by atoms with E-state index in [4.69, 9.17) is 4.74 Å². The van der Waals surface area contributed by atoms with Gasteiger partial charge in [-0.2, -0.15) is 0 Å². The Balaban J connectivity index is 3.57. The molecule has 0 aromatic rings. The third kappa shape index (κ3) is 5.58. The van der Waals surface area contributed by atoms with Crippen LogP contribution < -0.4 is 0 Å². The number of alkyl halides is 2. The van der Waals surface area contributed by atoms with Crippen LogP contribution in [0.25, 0.3) is 0 Å². The first-order chi connectivity index (χ1) is 6.11. The van der Waals surface area contributed by atoms with Crippen molar-refractivity contribution in [1.29, 1.82) is 0 Å². The van der Waals surface area contributed by atoms with E-state index in [2.05, 4.69) is 6.58 Å². The Morgan fingerprint density at radius 1 is 1.46 bits per heavy atom. The monoisotopic (exact) mass is 193 g/mol. The van der Waals surface area contributed by atoms with Gasteiger partial charge in [0.15, 0.2) is 12.3 Å². The highest BCUT2D eigenvalue weighted by atomic mass is 19.2. The van der Waals surface area contributed by atoms with Crippen molar-refractivity contribution in [3.63, 3.8) is 0 Å². The molecule has 0 aromatic carbocycles. The smallest absolute Gasteiger partial charge is 0.167 e. The second kappa shape index (κ2) is 6.83. The molecule has 0 aliphatic carbocycles. The summed E-state index contributed by atoms with van der Waals surface area (Å²) in [6.07, 6.45) is -2.35. The Hall–Kier alpha value is -0.640. The van der Waals surface area contributed by atoms with Crippen molar-refractivity contribution in [1.82, 2.24) is 0 Å². The molecule has 0 aliphatic rings. The molecule has 0 amide bonds. The zero-order valence-electron chi connectivity index (χ0n) is 7.76. The predicted octanol–water partition coefficient (Wildman–Crippen LogP) is 2.42. The summed E-state index contributed by atoms with van der Waals surface area (Å²) in [6, 6.07) is 0. The first-order valence-corrected chi connectivity index (χ1v) is 4.28. The largest absolute Gasteiger partial charge is 0.495 e. The molecular weight excluding hydrogens is 178 g/mol. The van der Waals surface area contributed by atoms with Crippen LogP contribution >= 0.6 is 0 Å². The minimum absolute atomic E-state index is 0.414. The standard InChI is InChI=1S/C9H15F2O2/c1-3-4-7(2)13-6-9(11)8(10)5-12/h8-9H,2-6H2,1H3. The number of ether oxygens (including phenoxy) is 1. The Morgan fingerprint density at radius 2 is 2.08 bits per heavy atom. The molecule has 2 atom stereocenters. The molecule has 2 unspecified atom stereocenters. The lowest BCUT2D eigenvalue weighted by Crippen LogP contribution is -2.25. The maximum atomic E-state index is 12.7. The van der Waals surface area contributed by atoms with Crippen LogP contribution in [-0.4, -0.2) is 25.6 Å². The number of hydrogen-bond donors (Lipinski definition) is 0. The summed E-state index contributed by atoms with van der Waals surface area (Å²) in [4.78, 5) is 0. The predicted molar refractivity (Wildman–Crippen MR) is 45.3 cm³/mol. The summed E-state index contributed by atoms with van der Waals surface area (Å²) in [7, 11) is 0. The van der Waals surface area contributed by atoms with Crippen molar-refractivity contribution in [3.05, 3.63) is 12.3 Å². The molecule has 0 N–H and O–H groups in total. The van der Waals surface area contributed by atoms with Gasteiger partial charge in [-0.05, 0) is 6.42 Å². The Bertz CT molecular complexity index is 151. The molecule has 0 heterocycles. The first-order valence-electron chi connectivity index (χ1n) is 4.28. The molecule has 77 valence electrons. The van der Waals surface area contributed by atoms with Crippen molar-refractivity contribution < 1.29 is 18.6 Å². The average Bonchev–Trinajstić information content (AvgIpc) is 2.13. The van der Waals surface area contributed by atoms with Gasteiger partial charge in [-0.1, -0.05) is 13.5 Å². The summed E-state index contributed by atoms with van der Waals surface area (Å²) >= 11 is 0. The zero-order valence-corrected chi connectivity index (χ0v) is 7.76. The van der Waals surface area contributed by atoms with E-state index in [1.54, 1.807) is 0 Å². The van der Waals surface area contributed by atoms with Gasteiger partial charge in [0.05, 0.1) is 5.76 Å². The lowest BCUT2D eigenvalue weighted by molar-refractivity contribution is 0.0235. The highest BCUT2D eigenvalue weighted by Gasteiger charge is 2.20. The van der Waals surface area contributed by atoms with E-state index in [1.807, 2.05) is 6.92 Å². The summed E-state index contributed by atoms with van der Waals surface area (Å²) < 4.78 is 29.8. The second-order valence-corrected chi connectivity index (χ2v) is 2.80. The van der Waals surface area contributed by atoms with Gasteiger partial charge in [0.2, 0.25) is 0 Å². The normalized spacial score (nSPS) is 15.1. The van der Waals surface area contributed by atoms with Crippen LogP contribution in [0.5, 0.6) is 0 Å². The molecule has 1 radical (unpaired) electrons. The maximum absolute atomic E-state index is 12.7. The minimum atomic E-state index is -1.98. The fraction of sp³-hybridized carbons (Fsp3) is 0.778. The fourth-order valence-corrected chi connectivity index (χ4v) is 0.757. The molecule has 0 rings (SSSR count). The van der Waals surface area contributed by atoms with Gasteiger partial charge in [-0.3, -0.25) is 0 Å². The van der Waals surface area contributed by atoms with Gasteiger partial charge in [-0.25, -0.2) is 13.9 Å². The molecule has 0 fully saturated rings. The van der Waals surface area contributed by atoms with Crippen LogP contribution in [0.1, 0.15) is 19.8 Å². The topological polar surface area (TPSA) is 29.1 Å². The average molecular weight is 193 g/mol. The summed E-state index contributed by atoms with van der Waals surface area (Å²) in [5.74, 6) is 0.434. The van der Waals surface area contributed by atoms with Crippen LogP contribution in [0.3, 0.4) is 0 Å². The molecule has 0 aliphatic heterocycles. The van der Waals surface area contributed by atoms with E-state index in [1.165, 1.54) is 0 Å². The maximum Gasteiger partial charge on any atom is 0.167 e. The summed E-state index contributed by atoms with van der Waals surface area (Å²) in [5, 5.41) is 9.95. The highest BCUT2D eigenvalue weighted by Crippen LogP contribution is 2.09. The lowest BCUT2D eigenvalue weighted by Gasteiger charge is -2.13. The van der Waals surface area contributed by atoms with Gasteiger partial charge in [0.1, 0.15) is 13.2 Å². The number of hydrogen-bond acceptors (Lipinski definition) is 1. The van der Waals surface area contributed by atoms with Gasteiger partial charge in [0.25, 0.3) is 0 Å². The van der Waals surface area contributed by atoms with Crippen LogP contribution in [-0.2, 0) is 9.84 Å².